The van der Waals surface area contributed by atoms with Crippen molar-refractivity contribution in [2.45, 2.75) is 4.90 Å². The quantitative estimate of drug-likeness (QED) is 0.795. The Hall–Kier alpha value is -0.850. The number of phenols is 1. The predicted octanol–water partition coefficient (Wildman–Crippen LogP) is 4.81. The number of benzene rings is 2. The number of aromatic hydroxyl groups is 1. The molecule has 21 heavy (non-hydrogen) atoms. The van der Waals surface area contributed by atoms with Crippen LogP contribution in [0.4, 0.5) is 5.69 Å². The number of anilines is 1. The highest BCUT2D eigenvalue weighted by Crippen LogP contribution is 2.35. The van der Waals surface area contributed by atoms with E-state index in [0.717, 1.165) is 12.1 Å². The number of hydrogen-bond acceptors (Lipinski definition) is 3. The van der Waals surface area contributed by atoms with Gasteiger partial charge in [0.2, 0.25) is 0 Å². The third-order valence-electron chi connectivity index (χ3n) is 2.42. The fraction of sp³-hybridized carbons (Fsp3) is 0. The Morgan fingerprint density at radius 3 is 1.81 bits per heavy atom. The number of phenolic OH excluding ortho intramolecular Hbond substituents is 1. The van der Waals surface area contributed by atoms with Crippen LogP contribution in [0.5, 0.6) is 5.75 Å². The maximum Gasteiger partial charge on any atom is 0.262 e. The van der Waals surface area contributed by atoms with Crippen LogP contribution in [0.15, 0.2) is 35.2 Å². The van der Waals surface area contributed by atoms with Gasteiger partial charge in [0, 0.05) is 10.0 Å². The summed E-state index contributed by atoms with van der Waals surface area (Å²) < 4.78 is 26.8. The molecule has 4 nitrogen and oxygen atoms in total. The lowest BCUT2D eigenvalue weighted by Gasteiger charge is -2.10. The molecule has 2 aromatic rings. The Morgan fingerprint density at radius 1 is 0.857 bits per heavy atom. The summed E-state index contributed by atoms with van der Waals surface area (Å²) in [6.45, 7) is 0. The summed E-state index contributed by atoms with van der Waals surface area (Å²) in [5, 5.41) is 9.66. The minimum Gasteiger partial charge on any atom is -0.505 e. The normalized spacial score (nSPS) is 11.4. The molecular formula is C12H7Cl4NO3S. The molecule has 0 radical (unpaired) electrons. The molecule has 0 aliphatic heterocycles. The summed E-state index contributed by atoms with van der Waals surface area (Å²) in [6.07, 6.45) is 0. The van der Waals surface area contributed by atoms with Crippen molar-refractivity contribution in [2.75, 3.05) is 4.72 Å². The Labute approximate surface area is 141 Å². The fourth-order valence-corrected chi connectivity index (χ4v) is 3.76. The molecule has 0 atom stereocenters. The Balaban J connectivity index is 2.43. The Morgan fingerprint density at radius 2 is 1.33 bits per heavy atom. The van der Waals surface area contributed by atoms with Crippen molar-refractivity contribution >= 4 is 62.1 Å². The zero-order chi connectivity index (χ0) is 15.8. The van der Waals surface area contributed by atoms with Crippen molar-refractivity contribution < 1.29 is 13.5 Å². The van der Waals surface area contributed by atoms with E-state index in [1.807, 2.05) is 0 Å². The van der Waals surface area contributed by atoms with E-state index in [0.29, 0.717) is 0 Å². The van der Waals surface area contributed by atoms with E-state index < -0.39 is 10.0 Å². The standard InChI is InChI=1S/C12H7Cl4NO3S/c13-6-1-7(14)3-8(2-6)17-21(19,20)9-4-10(15)12(18)11(16)5-9/h1-5,17-18H. The second kappa shape index (κ2) is 6.10. The van der Waals surface area contributed by atoms with Crippen LogP contribution < -0.4 is 4.72 Å². The summed E-state index contributed by atoms with van der Waals surface area (Å²) in [6, 6.07) is 6.42. The molecule has 112 valence electrons. The van der Waals surface area contributed by atoms with Crippen LogP contribution in [0.2, 0.25) is 20.1 Å². The van der Waals surface area contributed by atoms with E-state index in [4.69, 9.17) is 46.4 Å². The number of sulfonamides is 1. The minimum absolute atomic E-state index is 0.174. The first-order valence-electron chi connectivity index (χ1n) is 5.36. The average molecular weight is 387 g/mol. The van der Waals surface area contributed by atoms with Crippen LogP contribution in [0.3, 0.4) is 0 Å². The van der Waals surface area contributed by atoms with Gasteiger partial charge in [0.1, 0.15) is 0 Å². The summed E-state index contributed by atoms with van der Waals surface area (Å²) in [4.78, 5) is -0.202. The molecule has 0 bridgehead atoms. The Kier molecular flexibility index (Phi) is 4.80. The monoisotopic (exact) mass is 385 g/mol. The molecule has 0 unspecified atom stereocenters. The lowest BCUT2D eigenvalue weighted by atomic mass is 10.3. The molecule has 0 aliphatic rings. The topological polar surface area (TPSA) is 66.4 Å². The highest BCUT2D eigenvalue weighted by atomic mass is 35.5. The van der Waals surface area contributed by atoms with E-state index in [1.54, 1.807) is 0 Å². The van der Waals surface area contributed by atoms with Crippen molar-refractivity contribution in [1.29, 1.82) is 0 Å². The molecule has 2 N–H and O–H groups in total. The smallest absolute Gasteiger partial charge is 0.262 e. The fourth-order valence-electron chi connectivity index (χ4n) is 1.52. The average Bonchev–Trinajstić information content (AvgIpc) is 2.33. The number of hydrogen-bond donors (Lipinski definition) is 2. The van der Waals surface area contributed by atoms with Crippen LogP contribution in [0, 0.1) is 0 Å². The van der Waals surface area contributed by atoms with E-state index in [9.17, 15) is 13.5 Å². The zero-order valence-corrected chi connectivity index (χ0v) is 13.9. The molecule has 0 fully saturated rings. The molecule has 0 aromatic heterocycles. The lowest BCUT2D eigenvalue weighted by Crippen LogP contribution is -2.13. The van der Waals surface area contributed by atoms with E-state index >= 15 is 0 Å². The summed E-state index contributed by atoms with van der Waals surface area (Å²) in [5.74, 6) is -0.386. The molecule has 2 aromatic carbocycles. The molecule has 0 aliphatic carbocycles. The van der Waals surface area contributed by atoms with Gasteiger partial charge in [0.05, 0.1) is 20.6 Å². The summed E-state index contributed by atoms with van der Waals surface area (Å²) >= 11 is 23.0. The van der Waals surface area contributed by atoms with Crippen LogP contribution in [-0.4, -0.2) is 13.5 Å². The minimum atomic E-state index is -3.96. The summed E-state index contributed by atoms with van der Waals surface area (Å²) in [5.41, 5.74) is 0.188. The number of nitrogens with one attached hydrogen (secondary N) is 1. The number of halogens is 4. The van der Waals surface area contributed by atoms with Gasteiger partial charge in [-0.3, -0.25) is 4.72 Å². The van der Waals surface area contributed by atoms with Gasteiger partial charge in [-0.1, -0.05) is 46.4 Å². The van der Waals surface area contributed by atoms with Gasteiger partial charge in [0.15, 0.2) is 5.75 Å². The third-order valence-corrected chi connectivity index (χ3v) is 4.79. The van der Waals surface area contributed by atoms with Gasteiger partial charge in [-0.25, -0.2) is 8.42 Å². The molecular weight excluding hydrogens is 380 g/mol. The van der Waals surface area contributed by atoms with Gasteiger partial charge in [-0.15, -0.1) is 0 Å². The van der Waals surface area contributed by atoms with E-state index in [-0.39, 0.29) is 36.4 Å². The van der Waals surface area contributed by atoms with E-state index in [2.05, 4.69) is 4.72 Å². The molecule has 2 rings (SSSR count). The second-order valence-corrected chi connectivity index (χ2v) is 7.37. The second-order valence-electron chi connectivity index (χ2n) is 4.00. The molecule has 0 amide bonds. The zero-order valence-electron chi connectivity index (χ0n) is 10.1. The number of rotatable bonds is 3. The van der Waals surface area contributed by atoms with E-state index in [1.165, 1.54) is 18.2 Å². The van der Waals surface area contributed by atoms with Gasteiger partial charge < -0.3 is 5.11 Å². The van der Waals surface area contributed by atoms with Gasteiger partial charge in [0.25, 0.3) is 10.0 Å². The maximum absolute atomic E-state index is 12.2. The summed E-state index contributed by atoms with van der Waals surface area (Å²) in [7, 11) is -3.96. The van der Waals surface area contributed by atoms with Crippen LogP contribution in [-0.2, 0) is 10.0 Å². The van der Waals surface area contributed by atoms with Crippen LogP contribution in [0.25, 0.3) is 0 Å². The van der Waals surface area contributed by atoms with Crippen LogP contribution >= 0.6 is 46.4 Å². The van der Waals surface area contributed by atoms with Crippen molar-refractivity contribution in [1.82, 2.24) is 0 Å². The molecule has 0 spiro atoms. The Bertz CT molecular complexity index is 765. The molecule has 0 heterocycles. The SMILES string of the molecule is O=S(=O)(Nc1cc(Cl)cc(Cl)c1)c1cc(Cl)c(O)c(Cl)c1. The van der Waals surface area contributed by atoms with Gasteiger partial charge in [-0.05, 0) is 30.3 Å². The van der Waals surface area contributed by atoms with Crippen molar-refractivity contribution in [2.24, 2.45) is 0 Å². The molecule has 9 heteroatoms. The van der Waals surface area contributed by atoms with Gasteiger partial charge >= 0.3 is 0 Å². The highest BCUT2D eigenvalue weighted by Gasteiger charge is 2.18. The largest absolute Gasteiger partial charge is 0.505 e. The lowest BCUT2D eigenvalue weighted by molar-refractivity contribution is 0.475. The van der Waals surface area contributed by atoms with Crippen LogP contribution in [0.1, 0.15) is 0 Å². The first kappa shape index (κ1) is 16.5. The molecule has 0 saturated carbocycles. The van der Waals surface area contributed by atoms with Crippen molar-refractivity contribution in [3.63, 3.8) is 0 Å². The molecule has 0 saturated heterocycles. The maximum atomic E-state index is 12.2. The highest BCUT2D eigenvalue weighted by molar-refractivity contribution is 7.92. The first-order chi connectivity index (χ1) is 9.69. The first-order valence-corrected chi connectivity index (χ1v) is 8.35. The van der Waals surface area contributed by atoms with Gasteiger partial charge in [-0.2, -0.15) is 0 Å². The predicted molar refractivity (Wildman–Crippen MR) is 85.4 cm³/mol. The van der Waals surface area contributed by atoms with Crippen molar-refractivity contribution in [3.8, 4) is 5.75 Å². The third kappa shape index (κ3) is 3.87. The van der Waals surface area contributed by atoms with Crippen molar-refractivity contribution in [3.05, 3.63) is 50.4 Å².